The number of esters is 4. The maximum atomic E-state index is 12.6. The number of aliphatic hydroxyl groups excluding tert-OH is 2. The minimum Gasteiger partial charge on any atom is -0.508 e. The SMILES string of the molecule is C=C/C=C(\C)[C@H]1OC(=O)C[C@H](O)CC[C@@](C)(O)[C@@H](OC(C)=O)/C=C/[C@@H]1C.C=CC(C)(O)CCc1ccc(O)cc1.CC(=O)O[C@H]1/C=C/[C@H](C)[C@@H](/C(C)=C/C=C/C(C)(O)CCc2ccc(O)cc2)OC(=O)C[C@H](O)CC[C@@]1(C)O. The Morgan fingerprint density at radius 2 is 1.03 bits per heavy atom. The van der Waals surface area contributed by atoms with Gasteiger partial charge in [0.2, 0.25) is 0 Å². The molecular weight excluding hydrogens is 1000 g/mol. The second kappa shape index (κ2) is 32.1. The van der Waals surface area contributed by atoms with Gasteiger partial charge >= 0.3 is 23.9 Å². The maximum Gasteiger partial charge on any atom is 0.309 e. The number of carbonyl (C=O) groups is 4. The average Bonchev–Trinajstić information content (AvgIpc) is 3.35. The van der Waals surface area contributed by atoms with Crippen LogP contribution in [0.15, 0.2) is 134 Å². The first-order chi connectivity index (χ1) is 36.3. The van der Waals surface area contributed by atoms with Crippen molar-refractivity contribution in [1.29, 1.82) is 0 Å². The molecule has 2 aromatic rings. The minimum atomic E-state index is -1.43. The van der Waals surface area contributed by atoms with E-state index in [9.17, 15) is 54.9 Å². The zero-order chi connectivity index (χ0) is 59.0. The molecule has 12 atom stereocenters. The molecule has 4 rings (SSSR count). The second-order valence-electron chi connectivity index (χ2n) is 21.5. The first kappa shape index (κ1) is 68.0. The fourth-order valence-corrected chi connectivity index (χ4v) is 8.35. The molecule has 0 aliphatic carbocycles. The summed E-state index contributed by atoms with van der Waals surface area (Å²) in [6.07, 6.45) is 14.5. The first-order valence-electron chi connectivity index (χ1n) is 26.5. The number of rotatable bonds is 14. The molecule has 2 aliphatic heterocycles. The van der Waals surface area contributed by atoms with Crippen LogP contribution in [0.5, 0.6) is 11.5 Å². The summed E-state index contributed by atoms with van der Waals surface area (Å²) in [4.78, 5) is 47.8. The van der Waals surface area contributed by atoms with E-state index in [1.807, 2.05) is 45.0 Å². The lowest BCUT2D eigenvalue weighted by atomic mass is 9.88. The number of benzene rings is 2. The highest BCUT2D eigenvalue weighted by atomic mass is 16.6. The second-order valence-corrected chi connectivity index (χ2v) is 21.5. The molecule has 8 N–H and O–H groups in total. The molecule has 432 valence electrons. The van der Waals surface area contributed by atoms with Gasteiger partial charge in [0.1, 0.15) is 47.1 Å². The number of ether oxygens (including phenoxy) is 4. The maximum absolute atomic E-state index is 12.6. The summed E-state index contributed by atoms with van der Waals surface area (Å²) in [6.45, 7) is 23.6. The fourth-order valence-electron chi connectivity index (χ4n) is 8.35. The summed E-state index contributed by atoms with van der Waals surface area (Å²) in [5, 5.41) is 81.0. The molecular formula is C62H88O16. The van der Waals surface area contributed by atoms with Crippen LogP contribution < -0.4 is 0 Å². The Morgan fingerprint density at radius 1 is 0.654 bits per heavy atom. The molecule has 0 fully saturated rings. The Hall–Kier alpha value is -6.14. The number of allylic oxidation sites excluding steroid dienone is 4. The minimum absolute atomic E-state index is 0.123. The number of phenols is 2. The zero-order valence-corrected chi connectivity index (χ0v) is 47.3. The van der Waals surface area contributed by atoms with Gasteiger partial charge in [-0.3, -0.25) is 19.2 Å². The Bertz CT molecular complexity index is 2390. The molecule has 0 amide bonds. The van der Waals surface area contributed by atoms with Gasteiger partial charge in [-0.05, 0) is 152 Å². The third kappa shape index (κ3) is 26.0. The van der Waals surface area contributed by atoms with Gasteiger partial charge in [-0.15, -0.1) is 6.58 Å². The molecule has 0 radical (unpaired) electrons. The number of cyclic esters (lactones) is 2. The van der Waals surface area contributed by atoms with Crippen LogP contribution in [0.25, 0.3) is 0 Å². The van der Waals surface area contributed by atoms with Crippen molar-refractivity contribution in [2.24, 2.45) is 11.8 Å². The fraction of sp³-hybridized carbons (Fsp3) is 0.516. The van der Waals surface area contributed by atoms with Crippen LogP contribution in [-0.4, -0.2) is 124 Å². The number of carbonyl (C=O) groups excluding carboxylic acids is 4. The molecule has 0 aromatic heterocycles. The van der Waals surface area contributed by atoms with E-state index in [0.717, 1.165) is 23.1 Å². The van der Waals surface area contributed by atoms with Crippen molar-refractivity contribution >= 4 is 23.9 Å². The predicted molar refractivity (Wildman–Crippen MR) is 300 cm³/mol. The van der Waals surface area contributed by atoms with Crippen molar-refractivity contribution in [3.63, 3.8) is 0 Å². The van der Waals surface area contributed by atoms with Gasteiger partial charge in [0, 0.05) is 25.7 Å². The Balaban J connectivity index is 0.000000446. The van der Waals surface area contributed by atoms with Crippen LogP contribution in [0.4, 0.5) is 0 Å². The van der Waals surface area contributed by atoms with Gasteiger partial charge in [0.25, 0.3) is 0 Å². The molecule has 0 spiro atoms. The summed E-state index contributed by atoms with van der Waals surface area (Å²) >= 11 is 0. The number of hydrogen-bond donors (Lipinski definition) is 8. The van der Waals surface area contributed by atoms with E-state index >= 15 is 0 Å². The van der Waals surface area contributed by atoms with E-state index in [4.69, 9.17) is 24.1 Å². The smallest absolute Gasteiger partial charge is 0.309 e. The molecule has 2 aliphatic rings. The molecule has 78 heavy (non-hydrogen) atoms. The van der Waals surface area contributed by atoms with E-state index in [1.54, 1.807) is 113 Å². The summed E-state index contributed by atoms with van der Waals surface area (Å²) in [5.74, 6) is -2.23. The number of hydrogen-bond acceptors (Lipinski definition) is 16. The highest BCUT2D eigenvalue weighted by molar-refractivity contribution is 5.71. The van der Waals surface area contributed by atoms with E-state index in [0.29, 0.717) is 24.8 Å². The van der Waals surface area contributed by atoms with Crippen LogP contribution in [0.3, 0.4) is 0 Å². The summed E-state index contributed by atoms with van der Waals surface area (Å²) in [6, 6.07) is 13.9. The van der Waals surface area contributed by atoms with Crippen LogP contribution in [0.1, 0.15) is 132 Å². The van der Waals surface area contributed by atoms with Crippen molar-refractivity contribution in [2.45, 2.75) is 192 Å². The molecule has 2 unspecified atom stereocenters. The lowest BCUT2D eigenvalue weighted by molar-refractivity contribution is -0.158. The van der Waals surface area contributed by atoms with Gasteiger partial charge in [-0.25, -0.2) is 0 Å². The topological polar surface area (TPSA) is 267 Å². The van der Waals surface area contributed by atoms with Crippen LogP contribution >= 0.6 is 0 Å². The molecule has 0 bridgehead atoms. The van der Waals surface area contributed by atoms with Crippen molar-refractivity contribution < 1.29 is 79.0 Å². The molecule has 2 heterocycles. The quantitative estimate of drug-likeness (QED) is 0.0381. The van der Waals surface area contributed by atoms with Crippen LogP contribution in [-0.2, 0) is 51.0 Å². The van der Waals surface area contributed by atoms with Gasteiger partial charge in [0.15, 0.2) is 0 Å². The number of aromatic hydroxyl groups is 2. The van der Waals surface area contributed by atoms with Gasteiger partial charge in [0.05, 0.1) is 36.3 Å². The monoisotopic (exact) mass is 1090 g/mol. The Labute approximate surface area is 461 Å². The van der Waals surface area contributed by atoms with Gasteiger partial charge < -0.3 is 59.8 Å². The van der Waals surface area contributed by atoms with Crippen molar-refractivity contribution in [3.05, 3.63) is 145 Å². The molecule has 0 saturated carbocycles. The Kier molecular flexibility index (Phi) is 27.9. The number of aryl methyl sites for hydroxylation is 2. The molecule has 16 nitrogen and oxygen atoms in total. The highest BCUT2D eigenvalue weighted by Gasteiger charge is 2.37. The van der Waals surface area contributed by atoms with Crippen LogP contribution in [0.2, 0.25) is 0 Å². The standard InChI is InChI=1S/C30H42O8.C20H30O6.C12H16O2/c1-20(7-6-16-29(4,35)17-14-23-9-11-24(32)12-10-23)28-21(2)8-13-26(37-22(3)31)30(5,36)18-15-25(33)19-27(34)38-28;1-6-7-13(2)19-14(3)8-9-17(25-15(4)21)20(5,24)11-10-16(22)12-18(23)26-19;1-3-12(2,14)9-8-10-4-6-11(13)7-5-10/h6-13,16,21,25-26,28,32-33,35-36H,14-15,17-19H2,1-5H3;6-9,14,16-17,19,22,24H,1,10-12H2,2-5H3;3-7,13-14H,1,8-9H2,2H3/b13-8+,16-6+,20-7+;9-8+,13-7+;/t21-,25+,26-,28+,29?,30+;14-,16+,17-,19+,20+;/m00./s1. The lowest BCUT2D eigenvalue weighted by Gasteiger charge is -2.32. The predicted octanol–water partition coefficient (Wildman–Crippen LogP) is 8.62. The Morgan fingerprint density at radius 3 is 1.38 bits per heavy atom. The van der Waals surface area contributed by atoms with E-state index in [2.05, 4.69) is 13.2 Å². The third-order valence-electron chi connectivity index (χ3n) is 13.5. The highest BCUT2D eigenvalue weighted by Crippen LogP contribution is 2.29. The lowest BCUT2D eigenvalue weighted by Crippen LogP contribution is -2.42. The van der Waals surface area contributed by atoms with Gasteiger partial charge in [-0.2, -0.15) is 0 Å². The number of aliphatic hydroxyl groups is 6. The molecule has 0 saturated heterocycles. The van der Waals surface area contributed by atoms with E-state index < -0.39 is 82.9 Å². The van der Waals surface area contributed by atoms with Crippen molar-refractivity contribution in [3.8, 4) is 11.5 Å². The van der Waals surface area contributed by atoms with E-state index in [-0.39, 0.29) is 61.9 Å². The van der Waals surface area contributed by atoms with Crippen molar-refractivity contribution in [2.75, 3.05) is 0 Å². The van der Waals surface area contributed by atoms with Crippen LogP contribution in [0, 0.1) is 11.8 Å². The van der Waals surface area contributed by atoms with Gasteiger partial charge in [-0.1, -0.05) is 93.3 Å². The summed E-state index contributed by atoms with van der Waals surface area (Å²) < 4.78 is 21.9. The summed E-state index contributed by atoms with van der Waals surface area (Å²) in [7, 11) is 0. The first-order valence-corrected chi connectivity index (χ1v) is 26.5. The molecule has 2 aromatic carbocycles. The van der Waals surface area contributed by atoms with Crippen molar-refractivity contribution in [1.82, 2.24) is 0 Å². The zero-order valence-electron chi connectivity index (χ0n) is 47.3. The average molecular weight is 1090 g/mol. The number of phenolic OH excluding ortho intramolecular Hbond substituents is 2. The normalized spacial score (nSPS) is 29.1. The largest absolute Gasteiger partial charge is 0.508 e. The summed E-state index contributed by atoms with van der Waals surface area (Å²) in [5.41, 5.74) is -1.08. The van der Waals surface area contributed by atoms with E-state index in [1.165, 1.54) is 20.8 Å². The third-order valence-corrected chi connectivity index (χ3v) is 13.5. The molecule has 16 heteroatoms.